The first-order valence-corrected chi connectivity index (χ1v) is 19.0. The van der Waals surface area contributed by atoms with E-state index in [1.165, 1.54) is 0 Å². The fraction of sp³-hybridized carbons (Fsp3) is 0.618. The third-order valence-corrected chi connectivity index (χ3v) is 12.4. The zero-order chi connectivity index (χ0) is 35.2. The molecule has 0 bridgehead atoms. The molecule has 0 spiro atoms. The van der Waals surface area contributed by atoms with Gasteiger partial charge in [-0.2, -0.15) is 0 Å². The maximum atomic E-state index is 15.5. The predicted molar refractivity (Wildman–Crippen MR) is 183 cm³/mol. The van der Waals surface area contributed by atoms with Gasteiger partial charge in [-0.3, -0.25) is 0 Å². The Morgan fingerprint density at radius 2 is 1.49 bits per heavy atom. The molecule has 3 rings (SSSR count). The summed E-state index contributed by atoms with van der Waals surface area (Å²) in [6, 6.07) is 5.32. The summed E-state index contributed by atoms with van der Waals surface area (Å²) in [7, 11) is -2.03. The van der Waals surface area contributed by atoms with E-state index in [1.54, 1.807) is 66.1 Å². The van der Waals surface area contributed by atoms with E-state index in [9.17, 15) is 9.59 Å². The van der Waals surface area contributed by atoms with E-state index in [2.05, 4.69) is 49.0 Å². The van der Waals surface area contributed by atoms with Crippen molar-refractivity contribution in [1.82, 2.24) is 14.9 Å². The smallest absolute Gasteiger partial charge is 0.419 e. The Hall–Kier alpha value is -3.58. The predicted octanol–water partition coefficient (Wildman–Crippen LogP) is 7.95. The van der Waals surface area contributed by atoms with Crippen LogP contribution in [0.5, 0.6) is 0 Å². The van der Waals surface area contributed by atoms with Crippen LogP contribution < -0.4 is 4.90 Å². The first-order valence-electron chi connectivity index (χ1n) is 16.1. The molecule has 0 unspecified atom stereocenters. The highest BCUT2D eigenvalue weighted by atomic mass is 28.4. The maximum absolute atomic E-state index is 15.5. The average molecular weight is 674 g/mol. The number of nitrogens with zero attached hydrogens (tertiary/aromatic N) is 5. The minimum absolute atomic E-state index is 0.0174. The second-order valence-electron chi connectivity index (χ2n) is 15.2. The third kappa shape index (κ3) is 11.3. The van der Waals surface area contributed by atoms with Gasteiger partial charge in [-0.25, -0.2) is 28.8 Å². The fourth-order valence-corrected chi connectivity index (χ4v) is 5.18. The molecule has 2 aromatic rings. The van der Waals surface area contributed by atoms with Gasteiger partial charge in [0.15, 0.2) is 8.32 Å². The second-order valence-corrected chi connectivity index (χ2v) is 20.0. The summed E-state index contributed by atoms with van der Waals surface area (Å²) in [5, 5.41) is 4.27. The van der Waals surface area contributed by atoms with Crippen molar-refractivity contribution in [3.8, 4) is 11.1 Å². The molecule has 2 heterocycles. The van der Waals surface area contributed by atoms with Crippen molar-refractivity contribution in [2.45, 2.75) is 111 Å². The molecule has 0 N–H and O–H groups in total. The van der Waals surface area contributed by atoms with Crippen molar-refractivity contribution in [1.29, 1.82) is 0 Å². The largest absolute Gasteiger partial charge is 0.443 e. The van der Waals surface area contributed by atoms with Crippen molar-refractivity contribution in [2.24, 2.45) is 5.16 Å². The van der Waals surface area contributed by atoms with Crippen molar-refractivity contribution >= 4 is 32.2 Å². The van der Waals surface area contributed by atoms with Gasteiger partial charge in [0.1, 0.15) is 23.6 Å². The van der Waals surface area contributed by atoms with Crippen molar-refractivity contribution in [3.05, 3.63) is 42.0 Å². The molecule has 11 nitrogen and oxygen atoms in total. The van der Waals surface area contributed by atoms with Gasteiger partial charge in [0.2, 0.25) is 5.95 Å². The van der Waals surface area contributed by atoms with Gasteiger partial charge in [0, 0.05) is 55.0 Å². The minimum Gasteiger partial charge on any atom is -0.443 e. The molecule has 1 fully saturated rings. The number of hydrogen-bond acceptors (Lipinski definition) is 10. The molecule has 1 aliphatic heterocycles. The van der Waals surface area contributed by atoms with E-state index < -0.39 is 31.7 Å². The first kappa shape index (κ1) is 37.9. The Kier molecular flexibility index (Phi) is 12.2. The number of piperidine rings is 1. The normalized spacial score (nSPS) is 14.5. The Bertz CT molecular complexity index is 1380. The number of anilines is 1. The fourth-order valence-electron chi connectivity index (χ4n) is 4.23. The highest BCUT2D eigenvalue weighted by Crippen LogP contribution is 2.37. The van der Waals surface area contributed by atoms with E-state index in [0.717, 1.165) is 10.6 Å². The van der Waals surface area contributed by atoms with Crippen LogP contribution in [0.1, 0.15) is 80.7 Å². The monoisotopic (exact) mass is 673 g/mol. The molecule has 0 aliphatic carbocycles. The third-order valence-electron chi connectivity index (χ3n) is 7.87. The lowest BCUT2D eigenvalue weighted by molar-refractivity contribution is -0.00440. The molecule has 260 valence electrons. The molecule has 1 saturated heterocycles. The van der Waals surface area contributed by atoms with Gasteiger partial charge in [0.25, 0.3) is 0 Å². The molecule has 0 saturated carbocycles. The lowest BCUT2D eigenvalue weighted by Crippen LogP contribution is -2.45. The number of hydrogen-bond donors (Lipinski definition) is 0. The SMILES string of the molecule is CC(C)(C)OC(=O)N(CCON=C1CCN(c2ncc(-c3cccc(CO[Si](C)(C)C(C)(C)C)c3F)cn2)CC1)C(=O)OC(C)(C)C. The lowest BCUT2D eigenvalue weighted by Gasteiger charge is -2.36. The number of ether oxygens (including phenoxy) is 2. The molecule has 1 aromatic carbocycles. The quantitative estimate of drug-likeness (QED) is 0.149. The van der Waals surface area contributed by atoms with E-state index in [-0.39, 0.29) is 30.6 Å². The standard InChI is InChI=1S/C34H52FN5O6Si/c1-32(2,3)45-30(41)40(31(42)46-33(4,5)6)19-20-43-38-26-15-17-39(18-16-26)29-36-21-25(22-37-29)27-14-12-13-24(28(27)35)23-44-47(10,11)34(7,8)9/h12-14,21-22H,15-20,23H2,1-11H3. The molecule has 13 heteroatoms. The van der Waals surface area contributed by atoms with Crippen LogP contribution in [0.25, 0.3) is 11.1 Å². The Balaban J connectivity index is 1.55. The van der Waals surface area contributed by atoms with Crippen LogP contribution in [0, 0.1) is 5.82 Å². The van der Waals surface area contributed by atoms with Crippen LogP contribution in [-0.4, -0.2) is 78.5 Å². The summed E-state index contributed by atoms with van der Waals surface area (Å²) in [6.45, 7) is 22.5. The minimum atomic E-state index is -2.03. The lowest BCUT2D eigenvalue weighted by atomic mass is 10.1. The van der Waals surface area contributed by atoms with Gasteiger partial charge in [-0.05, 0) is 59.7 Å². The van der Waals surface area contributed by atoms with Gasteiger partial charge < -0.3 is 23.6 Å². The van der Waals surface area contributed by atoms with Gasteiger partial charge in [0.05, 0.1) is 18.9 Å². The Labute approximate surface area is 279 Å². The number of imide groups is 1. The Morgan fingerprint density at radius 3 is 2.00 bits per heavy atom. The molecule has 0 radical (unpaired) electrons. The van der Waals surface area contributed by atoms with Gasteiger partial charge >= 0.3 is 12.2 Å². The second kappa shape index (κ2) is 15.1. The summed E-state index contributed by atoms with van der Waals surface area (Å²) < 4.78 is 32.5. The molecule has 47 heavy (non-hydrogen) atoms. The van der Waals surface area contributed by atoms with E-state index in [0.29, 0.717) is 48.6 Å². The number of halogens is 1. The highest BCUT2D eigenvalue weighted by molar-refractivity contribution is 6.74. The first-order chi connectivity index (χ1) is 21.7. The molecule has 1 aliphatic rings. The van der Waals surface area contributed by atoms with E-state index >= 15 is 4.39 Å². The van der Waals surface area contributed by atoms with Crippen molar-refractivity contribution < 1.29 is 32.7 Å². The summed E-state index contributed by atoms with van der Waals surface area (Å²) in [5.74, 6) is 0.235. The maximum Gasteiger partial charge on any atom is 0.419 e. The van der Waals surface area contributed by atoms with Crippen LogP contribution in [0.3, 0.4) is 0 Å². The van der Waals surface area contributed by atoms with Crippen LogP contribution in [-0.2, 0) is 25.3 Å². The van der Waals surface area contributed by atoms with Gasteiger partial charge in [-0.15, -0.1) is 0 Å². The van der Waals surface area contributed by atoms with E-state index in [4.69, 9.17) is 18.7 Å². The molecule has 1 aromatic heterocycles. The number of carbonyl (C=O) groups excluding carboxylic acids is 2. The van der Waals surface area contributed by atoms with E-state index in [1.807, 2.05) is 11.0 Å². The molecule has 2 amide bonds. The van der Waals surface area contributed by atoms with Crippen LogP contribution >= 0.6 is 0 Å². The molecular weight excluding hydrogens is 621 g/mol. The number of benzene rings is 1. The van der Waals surface area contributed by atoms with Crippen molar-refractivity contribution in [2.75, 3.05) is 31.1 Å². The molecule has 0 atom stereocenters. The summed E-state index contributed by atoms with van der Waals surface area (Å²) in [4.78, 5) is 42.8. The molecular formula is C34H52FN5O6Si. The number of oxime groups is 1. The highest BCUT2D eigenvalue weighted by Gasteiger charge is 2.37. The number of aromatic nitrogens is 2. The van der Waals surface area contributed by atoms with Crippen LogP contribution in [0.2, 0.25) is 18.1 Å². The Morgan fingerprint density at radius 1 is 0.936 bits per heavy atom. The summed E-state index contributed by atoms with van der Waals surface area (Å²) >= 11 is 0. The zero-order valence-corrected chi connectivity index (χ0v) is 30.9. The van der Waals surface area contributed by atoms with Crippen LogP contribution in [0.15, 0.2) is 35.7 Å². The summed E-state index contributed by atoms with van der Waals surface area (Å²) in [5.41, 5.74) is 0.839. The van der Waals surface area contributed by atoms with Crippen LogP contribution in [0.4, 0.5) is 19.9 Å². The summed E-state index contributed by atoms with van der Waals surface area (Å²) in [6.07, 6.45) is 2.91. The topological polar surface area (TPSA) is 116 Å². The number of carbonyl (C=O) groups is 2. The zero-order valence-electron chi connectivity index (χ0n) is 29.9. The average Bonchev–Trinajstić information content (AvgIpc) is 2.94. The number of amides is 2. The van der Waals surface area contributed by atoms with Crippen molar-refractivity contribution in [3.63, 3.8) is 0 Å². The van der Waals surface area contributed by atoms with Gasteiger partial charge in [-0.1, -0.05) is 44.1 Å². The number of rotatable bonds is 9.